The van der Waals surface area contributed by atoms with Crippen LogP contribution in [0.2, 0.25) is 8.35 Å². The van der Waals surface area contributed by atoms with Crippen molar-refractivity contribution in [2.75, 3.05) is 0 Å². The molecule has 215 valence electrons. The SMILES string of the molecule is CCC[CH2][Hf]([CH2]CCC)([CH]1C(C)=Cc2ccccc21)([CH]1C(C)=Cc2ccccc21)[SiH](c1ccccc1)c1ccccc1. The van der Waals surface area contributed by atoms with Crippen LogP contribution in [0.15, 0.2) is 120 Å². The molecular formula is C40H47HfSi. The number of hydrogen-bond acceptors (Lipinski definition) is 0. The Hall–Kier alpha value is -2.55. The van der Waals surface area contributed by atoms with Gasteiger partial charge in [-0.15, -0.1) is 0 Å². The van der Waals surface area contributed by atoms with Crippen LogP contribution in [0.4, 0.5) is 0 Å². The van der Waals surface area contributed by atoms with Crippen LogP contribution in [0.3, 0.4) is 0 Å². The first-order chi connectivity index (χ1) is 20.5. The van der Waals surface area contributed by atoms with Crippen LogP contribution in [0.25, 0.3) is 12.2 Å². The fraction of sp³-hybridized carbons (Fsp3) is 0.300. The Labute approximate surface area is 256 Å². The van der Waals surface area contributed by atoms with E-state index in [2.05, 4.69) is 149 Å². The van der Waals surface area contributed by atoms with Crippen molar-refractivity contribution in [3.63, 3.8) is 0 Å². The van der Waals surface area contributed by atoms with E-state index < -0.39 is 23.7 Å². The van der Waals surface area contributed by atoms with Crippen molar-refractivity contribution in [3.05, 3.63) is 143 Å². The van der Waals surface area contributed by atoms with E-state index in [0.29, 0.717) is 7.35 Å². The molecule has 0 saturated heterocycles. The van der Waals surface area contributed by atoms with Gasteiger partial charge in [0.05, 0.1) is 0 Å². The second-order valence-corrected chi connectivity index (χ2v) is 55.8. The normalized spacial score (nSPS) is 18.6. The van der Waals surface area contributed by atoms with Crippen molar-refractivity contribution >= 4 is 28.5 Å². The molecule has 0 saturated carbocycles. The van der Waals surface area contributed by atoms with E-state index in [1.54, 1.807) is 32.6 Å². The Morgan fingerprint density at radius 3 is 1.31 bits per heavy atom. The quantitative estimate of drug-likeness (QED) is 0.135. The topological polar surface area (TPSA) is 0 Å². The molecule has 0 bridgehead atoms. The van der Waals surface area contributed by atoms with Crippen LogP contribution >= 0.6 is 0 Å². The van der Waals surface area contributed by atoms with E-state index >= 15 is 0 Å². The third-order valence-electron chi connectivity index (χ3n) is 11.1. The number of allylic oxidation sites excluding steroid dienone is 2. The molecule has 42 heavy (non-hydrogen) atoms. The Morgan fingerprint density at radius 2 is 0.905 bits per heavy atom. The molecule has 0 aliphatic heterocycles. The van der Waals surface area contributed by atoms with E-state index in [9.17, 15) is 0 Å². The zero-order valence-corrected chi connectivity index (χ0v) is 30.8. The van der Waals surface area contributed by atoms with Crippen molar-refractivity contribution in [3.8, 4) is 0 Å². The first kappa shape index (κ1) is 29.5. The van der Waals surface area contributed by atoms with Crippen LogP contribution in [-0.2, 0) is 17.7 Å². The summed E-state index contributed by atoms with van der Waals surface area (Å²) in [5.41, 5.74) is 9.58. The zero-order valence-electron chi connectivity index (χ0n) is 26.0. The fourth-order valence-electron chi connectivity index (χ4n) is 9.97. The number of rotatable bonds is 11. The molecule has 0 fully saturated rings. The molecule has 2 aliphatic rings. The van der Waals surface area contributed by atoms with E-state index in [0.717, 1.165) is 0 Å². The minimum absolute atomic E-state index is 0.577. The molecule has 2 aliphatic carbocycles. The van der Waals surface area contributed by atoms with Crippen molar-refractivity contribution < 1.29 is 17.7 Å². The molecule has 4 aromatic rings. The summed E-state index contributed by atoms with van der Waals surface area (Å²) >= 11 is -4.42. The third kappa shape index (κ3) is 4.65. The Bertz CT molecular complexity index is 1480. The summed E-state index contributed by atoms with van der Waals surface area (Å²) in [6.07, 6.45) is 10.4. The van der Waals surface area contributed by atoms with Crippen LogP contribution in [0, 0.1) is 0 Å². The van der Waals surface area contributed by atoms with Gasteiger partial charge >= 0.3 is 258 Å². The monoisotopic (exact) mass is 735 g/mol. The molecule has 0 spiro atoms. The molecule has 2 atom stereocenters. The Kier molecular flexibility index (Phi) is 8.58. The summed E-state index contributed by atoms with van der Waals surface area (Å²) in [5.74, 6) is -1.76. The van der Waals surface area contributed by atoms with Gasteiger partial charge in [-0.3, -0.25) is 0 Å². The van der Waals surface area contributed by atoms with Gasteiger partial charge in [0.2, 0.25) is 0 Å². The van der Waals surface area contributed by atoms with E-state index in [1.165, 1.54) is 45.2 Å². The van der Waals surface area contributed by atoms with Gasteiger partial charge in [-0.1, -0.05) is 0 Å². The van der Waals surface area contributed by atoms with Crippen LogP contribution in [-0.4, -0.2) is 5.98 Å². The second kappa shape index (κ2) is 12.2. The maximum absolute atomic E-state index is 4.42. The van der Waals surface area contributed by atoms with Gasteiger partial charge < -0.3 is 0 Å². The maximum atomic E-state index is 2.59. The molecule has 2 unspecified atom stereocenters. The molecule has 0 aromatic heterocycles. The van der Waals surface area contributed by atoms with Gasteiger partial charge in [-0.05, 0) is 0 Å². The van der Waals surface area contributed by atoms with Crippen LogP contribution in [0.5, 0.6) is 0 Å². The van der Waals surface area contributed by atoms with E-state index in [-0.39, 0.29) is 0 Å². The zero-order chi connectivity index (χ0) is 29.2. The molecule has 6 rings (SSSR count). The number of hydrogen-bond donors (Lipinski definition) is 0. The summed E-state index contributed by atoms with van der Waals surface area (Å²) < 4.78 is 4.05. The molecular weight excluding hydrogens is 687 g/mol. The van der Waals surface area contributed by atoms with Crippen LogP contribution < -0.4 is 10.4 Å². The minimum atomic E-state index is -4.42. The van der Waals surface area contributed by atoms with Gasteiger partial charge in [-0.2, -0.15) is 0 Å². The van der Waals surface area contributed by atoms with Gasteiger partial charge in [0, 0.05) is 0 Å². The van der Waals surface area contributed by atoms with E-state index in [4.69, 9.17) is 0 Å². The molecule has 0 amide bonds. The summed E-state index contributed by atoms with van der Waals surface area (Å²) in [6.45, 7) is 9.90. The summed E-state index contributed by atoms with van der Waals surface area (Å²) in [7, 11) is 0. The molecule has 4 aromatic carbocycles. The van der Waals surface area contributed by atoms with Gasteiger partial charge in [0.25, 0.3) is 0 Å². The number of benzene rings is 4. The molecule has 2 heteroatoms. The molecule has 0 nitrogen and oxygen atoms in total. The first-order valence-corrected chi connectivity index (χ1v) is 33.5. The van der Waals surface area contributed by atoms with Gasteiger partial charge in [0.15, 0.2) is 0 Å². The molecule has 0 radical (unpaired) electrons. The average molecular weight is 734 g/mol. The van der Waals surface area contributed by atoms with Crippen molar-refractivity contribution in [2.45, 2.75) is 69.1 Å². The molecule has 0 N–H and O–H groups in total. The van der Waals surface area contributed by atoms with Gasteiger partial charge in [0.1, 0.15) is 0 Å². The third-order valence-corrected chi connectivity index (χ3v) is 75.5. The molecule has 0 heterocycles. The summed E-state index contributed by atoms with van der Waals surface area (Å²) in [5, 5.41) is 3.36. The first-order valence-electron chi connectivity index (χ1n) is 16.4. The van der Waals surface area contributed by atoms with E-state index in [1.807, 2.05) is 0 Å². The number of unbranched alkanes of at least 4 members (excludes halogenated alkanes) is 2. The fourth-order valence-corrected chi connectivity index (χ4v) is 92.7. The Balaban J connectivity index is 1.83. The number of fused-ring (bicyclic) bond motifs is 2. The summed E-state index contributed by atoms with van der Waals surface area (Å²) in [6, 6.07) is 43.0. The predicted molar refractivity (Wildman–Crippen MR) is 184 cm³/mol. The van der Waals surface area contributed by atoms with Crippen molar-refractivity contribution in [1.29, 1.82) is 0 Å². The van der Waals surface area contributed by atoms with Crippen LogP contribution in [0.1, 0.15) is 83.0 Å². The second-order valence-electron chi connectivity index (χ2n) is 13.3. The summed E-state index contributed by atoms with van der Waals surface area (Å²) in [4.78, 5) is 0. The predicted octanol–water partition coefficient (Wildman–Crippen LogP) is 9.97. The average Bonchev–Trinajstić information content (AvgIpc) is 3.56. The standard InChI is InChI=1S/C12H11Si.2C10H9.2C4H9.Hf/c1-3-7-11(8-4-1)13-12-9-5-2-6-10-12;2*1-8-6-9-4-2-3-5-10(9)7-8;2*1-3-4-2;/h1-10,13H;2*2-7H,1H3;2*1,3-4H2,2H3;. The van der Waals surface area contributed by atoms with Gasteiger partial charge in [-0.25, -0.2) is 0 Å². The van der Waals surface area contributed by atoms with Crippen molar-refractivity contribution in [2.24, 2.45) is 0 Å². The Morgan fingerprint density at radius 1 is 0.524 bits per heavy atom. The van der Waals surface area contributed by atoms with Crippen molar-refractivity contribution in [1.82, 2.24) is 0 Å².